The number of esters is 2. The van der Waals surface area contributed by atoms with Gasteiger partial charge in [0.15, 0.2) is 6.10 Å². The van der Waals surface area contributed by atoms with Crippen molar-refractivity contribution in [1.29, 1.82) is 0 Å². The summed E-state index contributed by atoms with van der Waals surface area (Å²) in [6.45, 7) is 3.95. The number of hydrogen-bond donors (Lipinski definition) is 1. The van der Waals surface area contributed by atoms with Crippen molar-refractivity contribution in [3.63, 3.8) is 0 Å². The van der Waals surface area contributed by atoms with Gasteiger partial charge in [-0.05, 0) is 44.9 Å². The van der Waals surface area contributed by atoms with Gasteiger partial charge in [0.2, 0.25) is 0 Å². The third-order valence-corrected chi connectivity index (χ3v) is 6.45. The number of hydrogen-bond acceptors (Lipinski definition) is 5. The van der Waals surface area contributed by atoms with Crippen LogP contribution in [0.4, 0.5) is 0 Å². The molecule has 220 valence electrons. The molecule has 1 atom stereocenters. The molecule has 0 saturated heterocycles. The van der Waals surface area contributed by atoms with E-state index in [9.17, 15) is 14.7 Å². The predicted molar refractivity (Wildman–Crippen MR) is 159 cm³/mol. The largest absolute Gasteiger partial charge is 0.462 e. The first-order valence-electron chi connectivity index (χ1n) is 15.5. The smallest absolute Gasteiger partial charge is 0.306 e. The molecular formula is C33H58O5. The summed E-state index contributed by atoms with van der Waals surface area (Å²) < 4.78 is 10.5. The minimum atomic E-state index is -0.770. The van der Waals surface area contributed by atoms with Gasteiger partial charge in [0.1, 0.15) is 6.61 Å². The summed E-state index contributed by atoms with van der Waals surface area (Å²) in [7, 11) is 0. The molecule has 0 saturated carbocycles. The summed E-state index contributed by atoms with van der Waals surface area (Å²) in [5.74, 6) is -0.613. The van der Waals surface area contributed by atoms with Gasteiger partial charge in [-0.15, -0.1) is 0 Å². The van der Waals surface area contributed by atoms with Crippen molar-refractivity contribution >= 4 is 11.9 Å². The van der Waals surface area contributed by atoms with Crippen LogP contribution in [-0.2, 0) is 19.1 Å². The first-order chi connectivity index (χ1) is 18.6. The molecule has 0 aliphatic heterocycles. The maximum absolute atomic E-state index is 12.0. The number of rotatable bonds is 27. The van der Waals surface area contributed by atoms with E-state index in [1.807, 2.05) is 0 Å². The molecule has 0 aliphatic rings. The summed E-state index contributed by atoms with van der Waals surface area (Å²) in [6.07, 6.45) is 33.5. The molecule has 0 heterocycles. The van der Waals surface area contributed by atoms with Crippen LogP contribution in [0.3, 0.4) is 0 Å². The molecule has 0 radical (unpaired) electrons. The predicted octanol–water partition coefficient (Wildman–Crippen LogP) is 8.94. The van der Waals surface area contributed by atoms with Gasteiger partial charge in [-0.2, -0.15) is 0 Å². The molecule has 1 unspecified atom stereocenters. The summed E-state index contributed by atoms with van der Waals surface area (Å²) in [6, 6.07) is 0. The zero-order valence-corrected chi connectivity index (χ0v) is 24.7. The van der Waals surface area contributed by atoms with Gasteiger partial charge < -0.3 is 14.6 Å². The summed E-state index contributed by atoms with van der Waals surface area (Å²) in [4.78, 5) is 23.9. The van der Waals surface area contributed by atoms with Crippen LogP contribution in [0, 0.1) is 0 Å². The van der Waals surface area contributed by atoms with E-state index in [-0.39, 0.29) is 25.2 Å². The molecule has 0 aromatic carbocycles. The van der Waals surface area contributed by atoms with E-state index in [2.05, 4.69) is 50.3 Å². The van der Waals surface area contributed by atoms with Crippen molar-refractivity contribution in [1.82, 2.24) is 0 Å². The SMILES string of the molecule is CC/C=C\C/C=C\C/C=C\CCCCCCCCCC(=O)OC(CO)COC(=O)CCCCCCCCC. The fourth-order valence-electron chi connectivity index (χ4n) is 4.10. The Kier molecular flexibility index (Phi) is 28.2. The number of aliphatic hydroxyl groups excluding tert-OH is 1. The lowest BCUT2D eigenvalue weighted by Gasteiger charge is -2.15. The van der Waals surface area contributed by atoms with Crippen molar-refractivity contribution < 1.29 is 24.2 Å². The zero-order valence-electron chi connectivity index (χ0n) is 24.7. The van der Waals surface area contributed by atoms with E-state index in [0.29, 0.717) is 12.8 Å². The van der Waals surface area contributed by atoms with Crippen molar-refractivity contribution in [2.24, 2.45) is 0 Å². The molecule has 0 rings (SSSR count). The summed E-state index contributed by atoms with van der Waals surface area (Å²) in [5, 5.41) is 9.45. The standard InChI is InChI=1S/C33H58O5/c1-3-5-7-9-11-12-13-14-15-16-17-18-19-20-22-24-26-28-33(36)38-31(29-34)30-37-32(35)27-25-23-21-10-8-6-4-2/h5,7,11-12,14-15,31,34H,3-4,6,8-10,13,16-30H2,1-2H3/b7-5-,12-11-,15-14-. The molecule has 0 bridgehead atoms. The van der Waals surface area contributed by atoms with Gasteiger partial charge >= 0.3 is 11.9 Å². The Labute approximate surface area is 234 Å². The van der Waals surface area contributed by atoms with Gasteiger partial charge in [-0.25, -0.2) is 0 Å². The van der Waals surface area contributed by atoms with Crippen LogP contribution in [-0.4, -0.2) is 36.4 Å². The Morgan fingerprint density at radius 3 is 1.71 bits per heavy atom. The van der Waals surface area contributed by atoms with Crippen LogP contribution >= 0.6 is 0 Å². The van der Waals surface area contributed by atoms with Crippen molar-refractivity contribution in [3.8, 4) is 0 Å². The first kappa shape index (κ1) is 36.1. The monoisotopic (exact) mass is 534 g/mol. The number of allylic oxidation sites excluding steroid dienone is 6. The van der Waals surface area contributed by atoms with Crippen molar-refractivity contribution in [3.05, 3.63) is 36.5 Å². The van der Waals surface area contributed by atoms with Crippen LogP contribution in [0.5, 0.6) is 0 Å². The Hall–Kier alpha value is -1.88. The van der Waals surface area contributed by atoms with Gasteiger partial charge in [0.05, 0.1) is 6.61 Å². The Morgan fingerprint density at radius 2 is 1.13 bits per heavy atom. The van der Waals surface area contributed by atoms with Crippen LogP contribution in [0.1, 0.15) is 142 Å². The fraction of sp³-hybridized carbons (Fsp3) is 0.758. The van der Waals surface area contributed by atoms with E-state index < -0.39 is 6.10 Å². The highest BCUT2D eigenvalue weighted by Crippen LogP contribution is 2.12. The van der Waals surface area contributed by atoms with E-state index in [0.717, 1.165) is 64.2 Å². The maximum atomic E-state index is 12.0. The molecule has 5 nitrogen and oxygen atoms in total. The minimum absolute atomic E-state index is 0.0693. The molecule has 0 aliphatic carbocycles. The molecule has 0 aromatic rings. The number of aliphatic hydroxyl groups is 1. The van der Waals surface area contributed by atoms with E-state index in [1.165, 1.54) is 51.4 Å². The Morgan fingerprint density at radius 1 is 0.632 bits per heavy atom. The maximum Gasteiger partial charge on any atom is 0.306 e. The molecule has 0 spiro atoms. The Balaban J connectivity index is 3.60. The highest BCUT2D eigenvalue weighted by molar-refractivity contribution is 5.70. The van der Waals surface area contributed by atoms with Crippen LogP contribution in [0.15, 0.2) is 36.5 Å². The Bertz CT molecular complexity index is 623. The molecule has 38 heavy (non-hydrogen) atoms. The average Bonchev–Trinajstić information content (AvgIpc) is 2.92. The highest BCUT2D eigenvalue weighted by atomic mass is 16.6. The second-order valence-electron chi connectivity index (χ2n) is 10.2. The highest BCUT2D eigenvalue weighted by Gasteiger charge is 2.16. The van der Waals surface area contributed by atoms with E-state index in [1.54, 1.807) is 0 Å². The van der Waals surface area contributed by atoms with Crippen LogP contribution < -0.4 is 0 Å². The number of unbranched alkanes of at least 4 members (excludes halogenated alkanes) is 13. The van der Waals surface area contributed by atoms with Crippen LogP contribution in [0.2, 0.25) is 0 Å². The third kappa shape index (κ3) is 27.2. The van der Waals surface area contributed by atoms with E-state index in [4.69, 9.17) is 9.47 Å². The second kappa shape index (κ2) is 29.7. The van der Waals surface area contributed by atoms with Crippen LogP contribution in [0.25, 0.3) is 0 Å². The fourth-order valence-corrected chi connectivity index (χ4v) is 4.10. The molecule has 0 amide bonds. The van der Waals surface area contributed by atoms with E-state index >= 15 is 0 Å². The molecule has 1 N–H and O–H groups in total. The van der Waals surface area contributed by atoms with Gasteiger partial charge in [-0.1, -0.05) is 121 Å². The molecular weight excluding hydrogens is 476 g/mol. The third-order valence-electron chi connectivity index (χ3n) is 6.45. The summed E-state index contributed by atoms with van der Waals surface area (Å²) in [5.41, 5.74) is 0. The van der Waals surface area contributed by atoms with Gasteiger partial charge in [0.25, 0.3) is 0 Å². The normalized spacial score (nSPS) is 12.6. The zero-order chi connectivity index (χ0) is 27.9. The minimum Gasteiger partial charge on any atom is -0.462 e. The quantitative estimate of drug-likeness (QED) is 0.0647. The molecule has 5 heteroatoms. The summed E-state index contributed by atoms with van der Waals surface area (Å²) >= 11 is 0. The average molecular weight is 535 g/mol. The lowest BCUT2D eigenvalue weighted by Crippen LogP contribution is -2.28. The second-order valence-corrected chi connectivity index (χ2v) is 10.2. The molecule has 0 fully saturated rings. The topological polar surface area (TPSA) is 72.8 Å². The lowest BCUT2D eigenvalue weighted by atomic mass is 10.1. The van der Waals surface area contributed by atoms with Crippen molar-refractivity contribution in [2.75, 3.05) is 13.2 Å². The lowest BCUT2D eigenvalue weighted by molar-refractivity contribution is -0.161. The van der Waals surface area contributed by atoms with Gasteiger partial charge in [0, 0.05) is 12.8 Å². The first-order valence-corrected chi connectivity index (χ1v) is 15.5. The van der Waals surface area contributed by atoms with Crippen molar-refractivity contribution in [2.45, 2.75) is 148 Å². The number of ether oxygens (including phenoxy) is 2. The number of carbonyl (C=O) groups excluding carboxylic acids is 2. The number of carbonyl (C=O) groups is 2. The molecule has 0 aromatic heterocycles. The van der Waals surface area contributed by atoms with Gasteiger partial charge in [-0.3, -0.25) is 9.59 Å².